The molecule has 2 bridgehead atoms. The maximum atomic E-state index is 12.5. The summed E-state index contributed by atoms with van der Waals surface area (Å²) in [5.74, 6) is 1.45. The Morgan fingerprint density at radius 2 is 1.87 bits per heavy atom. The maximum absolute atomic E-state index is 12.5. The molecule has 0 aromatic heterocycles. The molecular weight excluding hydrogens is 378 g/mol. The Balaban J connectivity index is 1.52. The van der Waals surface area contributed by atoms with Crippen molar-refractivity contribution in [3.8, 4) is 11.5 Å². The quantitative estimate of drug-likeness (QED) is 0.504. The average Bonchev–Trinajstić information content (AvgIpc) is 3.34. The zero-order valence-electron chi connectivity index (χ0n) is 17.5. The number of nitrogens with zero attached hydrogens (tertiary/aromatic N) is 1. The maximum Gasteiger partial charge on any atom is 0.365 e. The first-order valence-electron chi connectivity index (χ1n) is 10.4. The van der Waals surface area contributed by atoms with E-state index in [1.165, 1.54) is 0 Å². The van der Waals surface area contributed by atoms with Crippen molar-refractivity contribution in [3.63, 3.8) is 0 Å². The van der Waals surface area contributed by atoms with Crippen molar-refractivity contribution >= 4 is 17.8 Å². The minimum absolute atomic E-state index is 0.0349. The molecule has 0 N–H and O–H groups in total. The summed E-state index contributed by atoms with van der Waals surface area (Å²) in [6, 6.07) is 14.9. The number of fused-ring (bicyclic) bond motifs is 3. The first-order valence-corrected chi connectivity index (χ1v) is 10.4. The summed E-state index contributed by atoms with van der Waals surface area (Å²) in [6.07, 6.45) is 4.30. The molecule has 2 unspecified atom stereocenters. The number of hydrogen-bond acceptors (Lipinski definition) is 5. The fraction of sp³-hybridized carbons (Fsp3) is 0.360. The van der Waals surface area contributed by atoms with Crippen molar-refractivity contribution in [2.75, 3.05) is 6.79 Å². The van der Waals surface area contributed by atoms with Gasteiger partial charge >= 0.3 is 5.97 Å². The van der Waals surface area contributed by atoms with E-state index in [1.54, 1.807) is 12.1 Å². The van der Waals surface area contributed by atoms with Gasteiger partial charge in [-0.2, -0.15) is 0 Å². The molecule has 2 atom stereocenters. The molecule has 2 aromatic rings. The normalized spacial score (nSPS) is 28.3. The number of carbonyl (C=O) groups is 1. The van der Waals surface area contributed by atoms with Crippen LogP contribution in [0.2, 0.25) is 0 Å². The van der Waals surface area contributed by atoms with Gasteiger partial charge in [0.25, 0.3) is 0 Å². The Bertz CT molecular complexity index is 1070. The first kappa shape index (κ1) is 18.9. The predicted molar refractivity (Wildman–Crippen MR) is 114 cm³/mol. The van der Waals surface area contributed by atoms with E-state index in [0.29, 0.717) is 11.5 Å². The van der Waals surface area contributed by atoms with Crippen LogP contribution in [0.4, 0.5) is 0 Å². The second-order valence-electron chi connectivity index (χ2n) is 9.04. The van der Waals surface area contributed by atoms with Crippen LogP contribution in [0.1, 0.15) is 49.5 Å². The largest absolute Gasteiger partial charge is 0.454 e. The molecule has 5 heteroatoms. The SMILES string of the molecule is CC12CCC(C(=Cc3ccc4c(c3)OCO4)C1=NOC(=O)c1ccccc1)C2(C)C. The molecule has 2 fully saturated rings. The lowest BCUT2D eigenvalue weighted by molar-refractivity contribution is 0.0509. The first-order chi connectivity index (χ1) is 14.4. The predicted octanol–water partition coefficient (Wildman–Crippen LogP) is 5.47. The van der Waals surface area contributed by atoms with E-state index in [4.69, 9.17) is 14.3 Å². The number of oxime groups is 1. The highest BCUT2D eigenvalue weighted by Crippen LogP contribution is 2.66. The van der Waals surface area contributed by atoms with Crippen LogP contribution in [-0.4, -0.2) is 18.5 Å². The molecule has 5 rings (SSSR count). The molecule has 5 nitrogen and oxygen atoms in total. The van der Waals surface area contributed by atoms with Gasteiger partial charge in [-0.25, -0.2) is 4.79 Å². The van der Waals surface area contributed by atoms with Crippen molar-refractivity contribution in [2.24, 2.45) is 21.9 Å². The van der Waals surface area contributed by atoms with Gasteiger partial charge < -0.3 is 14.3 Å². The molecule has 2 aromatic carbocycles. The van der Waals surface area contributed by atoms with E-state index in [9.17, 15) is 4.79 Å². The number of benzene rings is 2. The lowest BCUT2D eigenvalue weighted by Crippen LogP contribution is -2.33. The molecule has 3 aliphatic rings. The Labute approximate surface area is 176 Å². The van der Waals surface area contributed by atoms with Gasteiger partial charge in [0.1, 0.15) is 0 Å². The molecule has 2 aliphatic carbocycles. The van der Waals surface area contributed by atoms with Crippen molar-refractivity contribution in [1.29, 1.82) is 0 Å². The summed E-state index contributed by atoms with van der Waals surface area (Å²) < 4.78 is 11.0. The molecule has 0 saturated heterocycles. The van der Waals surface area contributed by atoms with Gasteiger partial charge in [-0.15, -0.1) is 0 Å². The van der Waals surface area contributed by atoms with Gasteiger partial charge in [0.2, 0.25) is 6.79 Å². The summed E-state index contributed by atoms with van der Waals surface area (Å²) in [5.41, 5.74) is 3.45. The molecule has 0 radical (unpaired) electrons. The second-order valence-corrected chi connectivity index (χ2v) is 9.04. The van der Waals surface area contributed by atoms with Crippen molar-refractivity contribution in [1.82, 2.24) is 0 Å². The zero-order chi connectivity index (χ0) is 20.9. The second kappa shape index (κ2) is 6.73. The van der Waals surface area contributed by atoms with E-state index in [2.05, 4.69) is 32.0 Å². The smallest absolute Gasteiger partial charge is 0.365 e. The number of rotatable bonds is 3. The third kappa shape index (κ3) is 2.76. The summed E-state index contributed by atoms with van der Waals surface area (Å²) in [6.45, 7) is 7.08. The van der Waals surface area contributed by atoms with Gasteiger partial charge in [-0.1, -0.05) is 50.2 Å². The summed E-state index contributed by atoms with van der Waals surface area (Å²) >= 11 is 0. The van der Waals surface area contributed by atoms with Gasteiger partial charge in [-0.3, -0.25) is 0 Å². The Morgan fingerprint density at radius 3 is 2.67 bits per heavy atom. The van der Waals surface area contributed by atoms with E-state index in [-0.39, 0.29) is 17.6 Å². The zero-order valence-corrected chi connectivity index (χ0v) is 17.5. The molecule has 1 aliphatic heterocycles. The minimum Gasteiger partial charge on any atom is -0.454 e. The molecule has 30 heavy (non-hydrogen) atoms. The van der Waals surface area contributed by atoms with Crippen LogP contribution < -0.4 is 9.47 Å². The third-order valence-electron chi connectivity index (χ3n) is 7.35. The van der Waals surface area contributed by atoms with Crippen LogP contribution in [0.5, 0.6) is 11.5 Å². The monoisotopic (exact) mass is 403 g/mol. The molecule has 2 saturated carbocycles. The van der Waals surface area contributed by atoms with Crippen LogP contribution in [0.3, 0.4) is 0 Å². The highest BCUT2D eigenvalue weighted by molar-refractivity contribution is 6.11. The fourth-order valence-corrected chi connectivity index (χ4v) is 5.17. The molecule has 0 amide bonds. The Morgan fingerprint density at radius 1 is 1.10 bits per heavy atom. The number of allylic oxidation sites excluding steroid dienone is 1. The van der Waals surface area contributed by atoms with Crippen molar-refractivity contribution < 1.29 is 19.1 Å². The topological polar surface area (TPSA) is 57.1 Å². The molecule has 1 heterocycles. The molecular formula is C25H25NO4. The molecule has 0 spiro atoms. The van der Waals surface area contributed by atoms with Crippen LogP contribution >= 0.6 is 0 Å². The van der Waals surface area contributed by atoms with E-state index < -0.39 is 5.97 Å². The standard InChI is InChI=1S/C25H25NO4/c1-24(2)19-11-12-25(24,3)22(26-30-23(27)17-7-5-4-6-8-17)18(19)13-16-9-10-20-21(14-16)29-15-28-20/h4-10,13-14,19H,11-12,15H2,1-3H3. The van der Waals surface area contributed by atoms with Gasteiger partial charge in [0.15, 0.2) is 11.5 Å². The van der Waals surface area contributed by atoms with Crippen LogP contribution in [-0.2, 0) is 4.84 Å². The highest BCUT2D eigenvalue weighted by Gasteiger charge is 2.63. The van der Waals surface area contributed by atoms with Crippen LogP contribution in [0, 0.1) is 16.7 Å². The van der Waals surface area contributed by atoms with Crippen molar-refractivity contribution in [2.45, 2.75) is 33.6 Å². The summed E-state index contributed by atoms with van der Waals surface area (Å²) in [7, 11) is 0. The minimum atomic E-state index is -0.435. The fourth-order valence-electron chi connectivity index (χ4n) is 5.17. The summed E-state index contributed by atoms with van der Waals surface area (Å²) in [5, 5.41) is 4.44. The van der Waals surface area contributed by atoms with E-state index >= 15 is 0 Å². The number of ether oxygens (including phenoxy) is 2. The highest BCUT2D eigenvalue weighted by atomic mass is 16.7. The Hall–Kier alpha value is -3.08. The summed E-state index contributed by atoms with van der Waals surface area (Å²) in [4.78, 5) is 17.9. The van der Waals surface area contributed by atoms with E-state index in [1.807, 2.05) is 36.4 Å². The van der Waals surface area contributed by atoms with Gasteiger partial charge in [-0.05, 0) is 65.7 Å². The lowest BCUT2D eigenvalue weighted by Gasteiger charge is -2.33. The van der Waals surface area contributed by atoms with Gasteiger partial charge in [0, 0.05) is 5.41 Å². The van der Waals surface area contributed by atoms with Crippen LogP contribution in [0.25, 0.3) is 6.08 Å². The lowest BCUT2D eigenvalue weighted by atomic mass is 9.70. The average molecular weight is 403 g/mol. The van der Waals surface area contributed by atoms with Crippen LogP contribution in [0.15, 0.2) is 59.3 Å². The van der Waals surface area contributed by atoms with E-state index in [0.717, 1.165) is 41.2 Å². The third-order valence-corrected chi connectivity index (χ3v) is 7.35. The number of carbonyl (C=O) groups excluding carboxylic acids is 1. The Kier molecular flexibility index (Phi) is 4.24. The molecule has 154 valence electrons. The van der Waals surface area contributed by atoms with Gasteiger partial charge in [0.05, 0.1) is 11.3 Å². The number of hydrogen-bond donors (Lipinski definition) is 0. The van der Waals surface area contributed by atoms with Crippen molar-refractivity contribution in [3.05, 3.63) is 65.2 Å².